The van der Waals surface area contributed by atoms with Crippen LogP contribution in [0.3, 0.4) is 0 Å². The summed E-state index contributed by atoms with van der Waals surface area (Å²) < 4.78 is 40.1. The third-order valence-corrected chi connectivity index (χ3v) is 2.48. The number of pyridine rings is 1. The van der Waals surface area contributed by atoms with Gasteiger partial charge in [0.1, 0.15) is 16.6 Å². The highest BCUT2D eigenvalue weighted by molar-refractivity contribution is 6.29. The van der Waals surface area contributed by atoms with Gasteiger partial charge in [0.15, 0.2) is 0 Å². The molecule has 110 valence electrons. The Morgan fingerprint density at radius 1 is 1.19 bits per heavy atom. The average molecular weight is 317 g/mol. The fourth-order valence-electron chi connectivity index (χ4n) is 1.50. The quantitative estimate of drug-likeness (QED) is 0.874. The van der Waals surface area contributed by atoms with Gasteiger partial charge in [0.25, 0.3) is 5.91 Å². The molecule has 1 aromatic carbocycles. The molecule has 21 heavy (non-hydrogen) atoms. The van der Waals surface area contributed by atoms with Gasteiger partial charge in [0, 0.05) is 11.8 Å². The standard InChI is InChI=1S/C13H8ClF3N2O2/c14-11-6-2-5-10(19-11)12(20)18-8-3-1-4-9(7-8)21-13(15,16)17/h1-7H,(H,18,20). The van der Waals surface area contributed by atoms with E-state index in [1.165, 1.54) is 30.3 Å². The third kappa shape index (κ3) is 4.64. The Kier molecular flexibility index (Phi) is 4.32. The van der Waals surface area contributed by atoms with E-state index in [9.17, 15) is 18.0 Å². The largest absolute Gasteiger partial charge is 0.573 e. The molecule has 0 spiro atoms. The molecule has 0 aliphatic rings. The molecular weight excluding hydrogens is 309 g/mol. The first-order chi connectivity index (χ1) is 9.83. The number of nitrogens with one attached hydrogen (secondary N) is 1. The predicted molar refractivity (Wildman–Crippen MR) is 70.3 cm³/mol. The smallest absolute Gasteiger partial charge is 0.406 e. The highest BCUT2D eigenvalue weighted by atomic mass is 35.5. The van der Waals surface area contributed by atoms with Crippen LogP contribution in [-0.2, 0) is 0 Å². The molecule has 0 saturated heterocycles. The lowest BCUT2D eigenvalue weighted by Crippen LogP contribution is -2.17. The average Bonchev–Trinajstić information content (AvgIpc) is 2.37. The van der Waals surface area contributed by atoms with E-state index in [0.717, 1.165) is 12.1 Å². The molecule has 1 amide bonds. The zero-order valence-electron chi connectivity index (χ0n) is 10.3. The van der Waals surface area contributed by atoms with Crippen LogP contribution in [0.2, 0.25) is 5.15 Å². The number of nitrogens with zero attached hydrogens (tertiary/aromatic N) is 1. The van der Waals surface area contributed by atoms with Gasteiger partial charge in [-0.3, -0.25) is 4.79 Å². The number of ether oxygens (including phenoxy) is 1. The van der Waals surface area contributed by atoms with Gasteiger partial charge in [-0.25, -0.2) is 4.98 Å². The fourth-order valence-corrected chi connectivity index (χ4v) is 1.66. The van der Waals surface area contributed by atoms with Crippen LogP contribution in [0.25, 0.3) is 0 Å². The maximum absolute atomic E-state index is 12.1. The summed E-state index contributed by atoms with van der Waals surface area (Å²) in [4.78, 5) is 15.7. The van der Waals surface area contributed by atoms with E-state index in [0.29, 0.717) is 0 Å². The number of amides is 1. The van der Waals surface area contributed by atoms with Crippen molar-refractivity contribution in [1.82, 2.24) is 4.98 Å². The highest BCUT2D eigenvalue weighted by Gasteiger charge is 2.31. The van der Waals surface area contributed by atoms with E-state index in [2.05, 4.69) is 15.0 Å². The van der Waals surface area contributed by atoms with Crippen LogP contribution >= 0.6 is 11.6 Å². The number of carbonyl (C=O) groups is 1. The minimum absolute atomic E-state index is 0.0460. The first-order valence-electron chi connectivity index (χ1n) is 5.63. The molecule has 0 saturated carbocycles. The molecule has 0 fully saturated rings. The third-order valence-electron chi connectivity index (χ3n) is 2.27. The van der Waals surface area contributed by atoms with Gasteiger partial charge in [-0.05, 0) is 24.3 Å². The van der Waals surface area contributed by atoms with Crippen LogP contribution in [0.15, 0.2) is 42.5 Å². The maximum Gasteiger partial charge on any atom is 0.573 e. The van der Waals surface area contributed by atoms with Crippen LogP contribution in [0.1, 0.15) is 10.5 Å². The zero-order chi connectivity index (χ0) is 15.5. The van der Waals surface area contributed by atoms with Gasteiger partial charge in [0.05, 0.1) is 0 Å². The fraction of sp³-hybridized carbons (Fsp3) is 0.0769. The summed E-state index contributed by atoms with van der Waals surface area (Å²) in [5.41, 5.74) is 0.188. The molecule has 1 N–H and O–H groups in total. The van der Waals surface area contributed by atoms with Crippen molar-refractivity contribution in [2.45, 2.75) is 6.36 Å². The summed E-state index contributed by atoms with van der Waals surface area (Å²) in [7, 11) is 0. The van der Waals surface area contributed by atoms with E-state index < -0.39 is 18.0 Å². The molecule has 4 nitrogen and oxygen atoms in total. The molecule has 0 atom stereocenters. The van der Waals surface area contributed by atoms with Crippen molar-refractivity contribution in [3.8, 4) is 5.75 Å². The Morgan fingerprint density at radius 3 is 2.57 bits per heavy atom. The summed E-state index contributed by atoms with van der Waals surface area (Å²) in [6, 6.07) is 9.38. The molecule has 0 bridgehead atoms. The molecule has 1 heterocycles. The second-order valence-corrected chi connectivity index (χ2v) is 4.26. The number of carbonyl (C=O) groups excluding carboxylic acids is 1. The van der Waals surface area contributed by atoms with Crippen molar-refractivity contribution in [3.63, 3.8) is 0 Å². The number of alkyl halides is 3. The van der Waals surface area contributed by atoms with Crippen LogP contribution in [0, 0.1) is 0 Å². The first-order valence-corrected chi connectivity index (χ1v) is 6.01. The van der Waals surface area contributed by atoms with Gasteiger partial charge >= 0.3 is 6.36 Å². The summed E-state index contributed by atoms with van der Waals surface area (Å²) in [5.74, 6) is -1.03. The van der Waals surface area contributed by atoms with E-state index in [-0.39, 0.29) is 16.5 Å². The predicted octanol–water partition coefficient (Wildman–Crippen LogP) is 3.89. The topological polar surface area (TPSA) is 51.2 Å². The zero-order valence-corrected chi connectivity index (χ0v) is 11.1. The van der Waals surface area contributed by atoms with Crippen molar-refractivity contribution >= 4 is 23.2 Å². The SMILES string of the molecule is O=C(Nc1cccc(OC(F)(F)F)c1)c1cccc(Cl)n1. The Bertz CT molecular complexity index is 662. The van der Waals surface area contributed by atoms with Crippen molar-refractivity contribution in [1.29, 1.82) is 0 Å². The molecule has 8 heteroatoms. The van der Waals surface area contributed by atoms with Gasteiger partial charge in [-0.2, -0.15) is 0 Å². The van der Waals surface area contributed by atoms with Crippen LogP contribution in [0.4, 0.5) is 18.9 Å². The highest BCUT2D eigenvalue weighted by Crippen LogP contribution is 2.25. The molecule has 1 aromatic heterocycles. The molecule has 0 radical (unpaired) electrons. The molecule has 2 rings (SSSR count). The summed E-state index contributed by atoms with van der Waals surface area (Å²) in [5, 5.41) is 2.54. The molecule has 0 aliphatic heterocycles. The van der Waals surface area contributed by atoms with Crippen molar-refractivity contribution in [3.05, 3.63) is 53.3 Å². The first kappa shape index (κ1) is 15.1. The Hall–Kier alpha value is -2.28. The Balaban J connectivity index is 2.13. The maximum atomic E-state index is 12.1. The monoisotopic (exact) mass is 316 g/mol. The molecule has 0 unspecified atom stereocenters. The summed E-state index contributed by atoms with van der Waals surface area (Å²) in [6.07, 6.45) is -4.79. The van der Waals surface area contributed by atoms with E-state index >= 15 is 0 Å². The minimum Gasteiger partial charge on any atom is -0.406 e. The van der Waals surface area contributed by atoms with Gasteiger partial charge in [-0.1, -0.05) is 23.7 Å². The molecule has 0 aliphatic carbocycles. The molecular formula is C13H8ClF3N2O2. The van der Waals surface area contributed by atoms with Crippen LogP contribution in [0.5, 0.6) is 5.75 Å². The van der Waals surface area contributed by atoms with Crippen LogP contribution < -0.4 is 10.1 Å². The molecule has 2 aromatic rings. The van der Waals surface area contributed by atoms with Gasteiger partial charge < -0.3 is 10.1 Å². The van der Waals surface area contributed by atoms with Crippen molar-refractivity contribution in [2.75, 3.05) is 5.32 Å². The Morgan fingerprint density at radius 2 is 1.90 bits per heavy atom. The second kappa shape index (κ2) is 6.01. The second-order valence-electron chi connectivity index (χ2n) is 3.88. The van der Waals surface area contributed by atoms with E-state index in [4.69, 9.17) is 11.6 Å². The number of hydrogen-bond acceptors (Lipinski definition) is 3. The van der Waals surface area contributed by atoms with Gasteiger partial charge in [0.2, 0.25) is 0 Å². The lowest BCUT2D eigenvalue weighted by molar-refractivity contribution is -0.274. The minimum atomic E-state index is -4.79. The van der Waals surface area contributed by atoms with Crippen molar-refractivity contribution < 1.29 is 22.7 Å². The number of aromatic nitrogens is 1. The number of rotatable bonds is 3. The lowest BCUT2D eigenvalue weighted by Gasteiger charge is -2.10. The van der Waals surface area contributed by atoms with E-state index in [1.807, 2.05) is 0 Å². The number of halogens is 4. The summed E-state index contributed by atoms with van der Waals surface area (Å²) in [6.45, 7) is 0. The van der Waals surface area contributed by atoms with Gasteiger partial charge in [-0.15, -0.1) is 13.2 Å². The normalized spacial score (nSPS) is 11.0. The number of benzene rings is 1. The number of hydrogen-bond donors (Lipinski definition) is 1. The van der Waals surface area contributed by atoms with Crippen molar-refractivity contribution in [2.24, 2.45) is 0 Å². The summed E-state index contributed by atoms with van der Waals surface area (Å²) >= 11 is 5.65. The Labute approximate surface area is 122 Å². The van der Waals surface area contributed by atoms with E-state index in [1.54, 1.807) is 0 Å². The number of anilines is 1. The van der Waals surface area contributed by atoms with Crippen LogP contribution in [-0.4, -0.2) is 17.3 Å². The lowest BCUT2D eigenvalue weighted by atomic mass is 10.2.